The summed E-state index contributed by atoms with van der Waals surface area (Å²) in [5.41, 5.74) is 9.58. The number of methoxy groups -OCH3 is 1. The smallest absolute Gasteiger partial charge is 0.323 e. The van der Waals surface area contributed by atoms with Crippen LogP contribution in [0.25, 0.3) is 0 Å². The number of urea groups is 1. The first-order valence-electron chi connectivity index (χ1n) is 12.6. The fourth-order valence-corrected chi connectivity index (χ4v) is 4.53. The van der Waals surface area contributed by atoms with E-state index in [0.717, 1.165) is 6.42 Å². The highest BCUT2D eigenvalue weighted by molar-refractivity contribution is 6.03. The Morgan fingerprint density at radius 3 is 2.03 bits per heavy atom. The standard InChI is InChI=1S/C32H32N2O4/c1-3-30(35)29-22-26(34(32(33)36)25-15-10-16-27(21-25)37-2)17-18-31(29)38-20-19-28(23-11-6-4-7-12-23)24-13-8-5-9-14-24/h4-18,21-22,28H,3,19-20H2,1-2H3,(H2,33,36). The van der Waals surface area contributed by atoms with Crippen LogP contribution in [0.4, 0.5) is 16.2 Å². The molecule has 0 radical (unpaired) electrons. The van der Waals surface area contributed by atoms with E-state index in [4.69, 9.17) is 15.2 Å². The quantitative estimate of drug-likeness (QED) is 0.219. The third-order valence-corrected chi connectivity index (χ3v) is 6.44. The van der Waals surface area contributed by atoms with Gasteiger partial charge in [0.25, 0.3) is 0 Å². The Bertz CT molecular complexity index is 1330. The summed E-state index contributed by atoms with van der Waals surface area (Å²) in [6.45, 7) is 2.21. The SMILES string of the molecule is CCC(=O)c1cc(N(C(N)=O)c2cccc(OC)c2)ccc1OCCC(c1ccccc1)c1ccccc1. The summed E-state index contributed by atoms with van der Waals surface area (Å²) < 4.78 is 11.5. The van der Waals surface area contributed by atoms with E-state index in [0.29, 0.717) is 41.5 Å². The minimum atomic E-state index is -0.671. The molecule has 0 unspecified atom stereocenters. The van der Waals surface area contributed by atoms with Crippen molar-refractivity contribution in [3.63, 3.8) is 0 Å². The van der Waals surface area contributed by atoms with E-state index in [1.807, 2.05) is 36.4 Å². The summed E-state index contributed by atoms with van der Waals surface area (Å²) in [5, 5.41) is 0. The van der Waals surface area contributed by atoms with E-state index in [2.05, 4.69) is 24.3 Å². The maximum Gasteiger partial charge on any atom is 0.323 e. The summed E-state index contributed by atoms with van der Waals surface area (Å²) >= 11 is 0. The van der Waals surface area contributed by atoms with Gasteiger partial charge in [-0.15, -0.1) is 0 Å². The number of benzene rings is 4. The Hall–Kier alpha value is -4.58. The molecule has 0 aromatic heterocycles. The van der Waals surface area contributed by atoms with Gasteiger partial charge in [-0.1, -0.05) is 73.7 Å². The van der Waals surface area contributed by atoms with Crippen LogP contribution in [-0.2, 0) is 0 Å². The lowest BCUT2D eigenvalue weighted by Crippen LogP contribution is -2.31. The van der Waals surface area contributed by atoms with Crippen molar-refractivity contribution in [3.8, 4) is 11.5 Å². The topological polar surface area (TPSA) is 81.9 Å². The summed E-state index contributed by atoms with van der Waals surface area (Å²) in [5.74, 6) is 1.14. The van der Waals surface area contributed by atoms with Gasteiger partial charge in [0, 0.05) is 18.4 Å². The average Bonchev–Trinajstić information content (AvgIpc) is 2.96. The van der Waals surface area contributed by atoms with Gasteiger partial charge in [-0.05, 0) is 47.9 Å². The van der Waals surface area contributed by atoms with Crippen molar-refractivity contribution < 1.29 is 19.1 Å². The van der Waals surface area contributed by atoms with Gasteiger partial charge in [0.1, 0.15) is 11.5 Å². The lowest BCUT2D eigenvalue weighted by molar-refractivity contribution is 0.0984. The molecular weight excluding hydrogens is 476 g/mol. The van der Waals surface area contributed by atoms with Crippen molar-refractivity contribution in [2.75, 3.05) is 18.6 Å². The predicted octanol–water partition coefficient (Wildman–Crippen LogP) is 7.11. The van der Waals surface area contributed by atoms with Crippen molar-refractivity contribution >= 4 is 23.2 Å². The van der Waals surface area contributed by atoms with Gasteiger partial charge in [0.2, 0.25) is 0 Å². The molecule has 4 aromatic carbocycles. The number of carbonyl (C=O) groups excluding carboxylic acids is 2. The first-order chi connectivity index (χ1) is 18.5. The lowest BCUT2D eigenvalue weighted by atomic mass is 9.89. The zero-order valence-corrected chi connectivity index (χ0v) is 21.7. The predicted molar refractivity (Wildman–Crippen MR) is 151 cm³/mol. The van der Waals surface area contributed by atoms with Crippen molar-refractivity contribution in [2.24, 2.45) is 5.73 Å². The number of anilines is 2. The van der Waals surface area contributed by atoms with Crippen molar-refractivity contribution in [1.82, 2.24) is 0 Å². The third-order valence-electron chi connectivity index (χ3n) is 6.44. The number of nitrogens with zero attached hydrogens (tertiary/aromatic N) is 1. The molecule has 0 bridgehead atoms. The molecule has 2 N–H and O–H groups in total. The van der Waals surface area contributed by atoms with Gasteiger partial charge in [-0.3, -0.25) is 9.69 Å². The Kier molecular flexibility index (Phi) is 8.77. The summed E-state index contributed by atoms with van der Waals surface area (Å²) in [7, 11) is 1.55. The van der Waals surface area contributed by atoms with Crippen LogP contribution in [0.3, 0.4) is 0 Å². The highest BCUT2D eigenvalue weighted by atomic mass is 16.5. The van der Waals surface area contributed by atoms with Gasteiger partial charge < -0.3 is 15.2 Å². The maximum absolute atomic E-state index is 12.9. The van der Waals surface area contributed by atoms with Crippen LogP contribution in [0.1, 0.15) is 47.2 Å². The Morgan fingerprint density at radius 1 is 0.816 bits per heavy atom. The second kappa shape index (κ2) is 12.6. The minimum Gasteiger partial charge on any atom is -0.497 e. The summed E-state index contributed by atoms with van der Waals surface area (Å²) in [4.78, 5) is 26.7. The number of ketones is 1. The van der Waals surface area contributed by atoms with Crippen molar-refractivity contribution in [3.05, 3.63) is 120 Å². The van der Waals surface area contributed by atoms with E-state index in [1.165, 1.54) is 16.0 Å². The molecular formula is C32H32N2O4. The third kappa shape index (κ3) is 6.21. The zero-order valence-electron chi connectivity index (χ0n) is 21.7. The Balaban J connectivity index is 1.60. The zero-order chi connectivity index (χ0) is 26.9. The average molecular weight is 509 g/mol. The van der Waals surface area contributed by atoms with Crippen LogP contribution in [0.5, 0.6) is 11.5 Å². The molecule has 6 nitrogen and oxygen atoms in total. The first-order valence-corrected chi connectivity index (χ1v) is 12.6. The first kappa shape index (κ1) is 26.5. The molecule has 6 heteroatoms. The number of nitrogens with two attached hydrogens (primary N) is 1. The van der Waals surface area contributed by atoms with E-state index in [1.54, 1.807) is 56.5 Å². The second-order valence-electron chi connectivity index (χ2n) is 8.84. The van der Waals surface area contributed by atoms with Gasteiger partial charge in [-0.2, -0.15) is 0 Å². The van der Waals surface area contributed by atoms with Gasteiger partial charge in [0.15, 0.2) is 5.78 Å². The van der Waals surface area contributed by atoms with Crippen molar-refractivity contribution in [1.29, 1.82) is 0 Å². The number of carbonyl (C=O) groups is 2. The molecule has 38 heavy (non-hydrogen) atoms. The van der Waals surface area contributed by atoms with Gasteiger partial charge in [0.05, 0.1) is 30.7 Å². The number of hydrogen-bond acceptors (Lipinski definition) is 4. The number of Topliss-reactive ketones (excluding diaryl/α,β-unsaturated/α-hetero) is 1. The molecule has 2 amide bonds. The van der Waals surface area contributed by atoms with Crippen LogP contribution < -0.4 is 20.1 Å². The highest BCUT2D eigenvalue weighted by Gasteiger charge is 2.21. The summed E-state index contributed by atoms with van der Waals surface area (Å²) in [6.07, 6.45) is 1.03. The van der Waals surface area contributed by atoms with Crippen LogP contribution in [-0.4, -0.2) is 25.5 Å². The van der Waals surface area contributed by atoms with Crippen LogP contribution in [0, 0.1) is 0 Å². The molecule has 4 aromatic rings. The van der Waals surface area contributed by atoms with E-state index in [9.17, 15) is 9.59 Å². The van der Waals surface area contributed by atoms with E-state index >= 15 is 0 Å². The molecule has 0 spiro atoms. The molecule has 0 atom stereocenters. The molecule has 0 saturated carbocycles. The van der Waals surface area contributed by atoms with E-state index < -0.39 is 6.03 Å². The molecule has 0 fully saturated rings. The number of rotatable bonds is 11. The fraction of sp³-hybridized carbons (Fsp3) is 0.188. The van der Waals surface area contributed by atoms with E-state index in [-0.39, 0.29) is 11.7 Å². The number of ether oxygens (including phenoxy) is 2. The molecule has 0 heterocycles. The van der Waals surface area contributed by atoms with Crippen LogP contribution in [0.15, 0.2) is 103 Å². The number of amides is 2. The molecule has 0 aliphatic rings. The van der Waals surface area contributed by atoms with Crippen LogP contribution in [0.2, 0.25) is 0 Å². The fourth-order valence-electron chi connectivity index (χ4n) is 4.53. The second-order valence-corrected chi connectivity index (χ2v) is 8.84. The number of primary amides is 1. The number of hydrogen-bond donors (Lipinski definition) is 1. The monoisotopic (exact) mass is 508 g/mol. The van der Waals surface area contributed by atoms with Gasteiger partial charge >= 0.3 is 6.03 Å². The molecule has 0 aliphatic carbocycles. The van der Waals surface area contributed by atoms with Crippen LogP contribution >= 0.6 is 0 Å². The largest absolute Gasteiger partial charge is 0.497 e. The maximum atomic E-state index is 12.9. The Morgan fingerprint density at radius 2 is 1.45 bits per heavy atom. The molecule has 4 rings (SSSR count). The minimum absolute atomic E-state index is 0.0837. The van der Waals surface area contributed by atoms with Gasteiger partial charge in [-0.25, -0.2) is 4.79 Å². The highest BCUT2D eigenvalue weighted by Crippen LogP contribution is 2.33. The molecule has 0 aliphatic heterocycles. The Labute approximate surface area is 223 Å². The van der Waals surface area contributed by atoms with Crippen molar-refractivity contribution in [2.45, 2.75) is 25.7 Å². The normalized spacial score (nSPS) is 10.7. The molecule has 194 valence electrons. The molecule has 0 saturated heterocycles. The summed E-state index contributed by atoms with van der Waals surface area (Å²) in [6, 6.07) is 32.1. The lowest BCUT2D eigenvalue weighted by Gasteiger charge is -2.23.